The summed E-state index contributed by atoms with van der Waals surface area (Å²) in [7, 11) is 0. The van der Waals surface area contributed by atoms with Crippen molar-refractivity contribution in [3.8, 4) is 0 Å². The molecule has 3 nitrogen and oxygen atoms in total. The molecule has 2 N–H and O–H groups in total. The molecule has 1 aliphatic heterocycles. The summed E-state index contributed by atoms with van der Waals surface area (Å²) in [5.74, 6) is 0. The van der Waals surface area contributed by atoms with Gasteiger partial charge in [0.1, 0.15) is 0 Å². The third kappa shape index (κ3) is 3.46. The SMILES string of the molecule is NC(Cc1ccc(Cl)cc1)CC1OCCO1. The van der Waals surface area contributed by atoms with Gasteiger partial charge in [-0.05, 0) is 24.1 Å². The zero-order valence-electron chi connectivity index (χ0n) is 9.06. The largest absolute Gasteiger partial charge is 0.350 e. The van der Waals surface area contributed by atoms with Crippen LogP contribution in [-0.2, 0) is 15.9 Å². The van der Waals surface area contributed by atoms with Gasteiger partial charge in [0.2, 0.25) is 0 Å². The number of ether oxygens (including phenoxy) is 2. The summed E-state index contributed by atoms with van der Waals surface area (Å²) in [5, 5.41) is 0.750. The Morgan fingerprint density at radius 1 is 1.25 bits per heavy atom. The molecular formula is C12H16ClNO2. The molecule has 0 radical (unpaired) electrons. The predicted molar refractivity (Wildman–Crippen MR) is 63.4 cm³/mol. The molecule has 0 aromatic heterocycles. The second kappa shape index (κ2) is 5.64. The highest BCUT2D eigenvalue weighted by atomic mass is 35.5. The lowest BCUT2D eigenvalue weighted by Crippen LogP contribution is -2.28. The molecule has 1 aliphatic rings. The predicted octanol–water partition coefficient (Wildman–Crippen LogP) is 1.97. The minimum atomic E-state index is -0.123. The van der Waals surface area contributed by atoms with Crippen molar-refractivity contribution in [2.45, 2.75) is 25.2 Å². The standard InChI is InChI=1S/C12H16ClNO2/c13-10-3-1-9(2-4-10)7-11(14)8-12-15-5-6-16-12/h1-4,11-12H,5-8,14H2. The topological polar surface area (TPSA) is 44.5 Å². The Hall–Kier alpha value is -0.610. The summed E-state index contributed by atoms with van der Waals surface area (Å²) in [6, 6.07) is 7.82. The molecule has 88 valence electrons. The molecule has 1 aromatic carbocycles. The Balaban J connectivity index is 1.81. The maximum absolute atomic E-state index is 6.03. The molecule has 4 heteroatoms. The molecule has 1 unspecified atom stereocenters. The molecule has 1 aromatic rings. The fraction of sp³-hybridized carbons (Fsp3) is 0.500. The van der Waals surface area contributed by atoms with E-state index in [1.165, 1.54) is 5.56 Å². The van der Waals surface area contributed by atoms with Gasteiger partial charge >= 0.3 is 0 Å². The van der Waals surface area contributed by atoms with Crippen molar-refractivity contribution in [1.29, 1.82) is 0 Å². The van der Waals surface area contributed by atoms with Crippen LogP contribution < -0.4 is 5.73 Å². The number of hydrogen-bond acceptors (Lipinski definition) is 3. The van der Waals surface area contributed by atoms with E-state index in [9.17, 15) is 0 Å². The van der Waals surface area contributed by atoms with Crippen LogP contribution in [0.25, 0.3) is 0 Å². The van der Waals surface area contributed by atoms with Crippen molar-refractivity contribution in [3.05, 3.63) is 34.9 Å². The molecule has 0 bridgehead atoms. The van der Waals surface area contributed by atoms with Crippen molar-refractivity contribution < 1.29 is 9.47 Å². The van der Waals surface area contributed by atoms with E-state index in [2.05, 4.69) is 0 Å². The lowest BCUT2D eigenvalue weighted by molar-refractivity contribution is -0.0504. The number of hydrogen-bond donors (Lipinski definition) is 1. The first kappa shape index (κ1) is 11.9. The average molecular weight is 242 g/mol. The van der Waals surface area contributed by atoms with Gasteiger partial charge in [0, 0.05) is 17.5 Å². The quantitative estimate of drug-likeness (QED) is 0.877. The van der Waals surface area contributed by atoms with Crippen molar-refractivity contribution in [2.75, 3.05) is 13.2 Å². The van der Waals surface area contributed by atoms with Crippen molar-refractivity contribution >= 4 is 11.6 Å². The third-order valence-corrected chi connectivity index (χ3v) is 2.85. The maximum atomic E-state index is 6.03. The summed E-state index contributed by atoms with van der Waals surface area (Å²) in [6.45, 7) is 1.36. The lowest BCUT2D eigenvalue weighted by atomic mass is 10.0. The van der Waals surface area contributed by atoms with Crippen molar-refractivity contribution in [2.24, 2.45) is 5.73 Å². The van der Waals surface area contributed by atoms with E-state index < -0.39 is 0 Å². The molecule has 1 heterocycles. The fourth-order valence-electron chi connectivity index (χ4n) is 1.80. The van der Waals surface area contributed by atoms with Gasteiger partial charge in [0.25, 0.3) is 0 Å². The Labute approximate surface area is 100 Å². The van der Waals surface area contributed by atoms with Gasteiger partial charge in [-0.3, -0.25) is 0 Å². The van der Waals surface area contributed by atoms with Gasteiger partial charge in [-0.2, -0.15) is 0 Å². The summed E-state index contributed by atoms with van der Waals surface area (Å²) >= 11 is 5.81. The van der Waals surface area contributed by atoms with Crippen LogP contribution in [0.5, 0.6) is 0 Å². The molecule has 1 saturated heterocycles. The molecule has 0 spiro atoms. The van der Waals surface area contributed by atoms with E-state index >= 15 is 0 Å². The Morgan fingerprint density at radius 3 is 2.50 bits per heavy atom. The summed E-state index contributed by atoms with van der Waals surface area (Å²) < 4.78 is 10.7. The van der Waals surface area contributed by atoms with Crippen molar-refractivity contribution in [3.63, 3.8) is 0 Å². The Kier molecular flexibility index (Phi) is 4.18. The molecule has 2 rings (SSSR count). The van der Waals surface area contributed by atoms with Crippen LogP contribution in [0.2, 0.25) is 5.02 Å². The van der Waals surface area contributed by atoms with E-state index in [-0.39, 0.29) is 12.3 Å². The van der Waals surface area contributed by atoms with E-state index in [0.717, 1.165) is 17.9 Å². The van der Waals surface area contributed by atoms with E-state index in [0.29, 0.717) is 13.2 Å². The van der Waals surface area contributed by atoms with Crippen LogP contribution >= 0.6 is 11.6 Å². The number of halogens is 1. The fourth-order valence-corrected chi connectivity index (χ4v) is 1.92. The second-order valence-corrected chi connectivity index (χ2v) is 4.43. The third-order valence-electron chi connectivity index (χ3n) is 2.60. The van der Waals surface area contributed by atoms with Gasteiger partial charge in [-0.25, -0.2) is 0 Å². The van der Waals surface area contributed by atoms with E-state index in [1.54, 1.807) is 0 Å². The van der Waals surface area contributed by atoms with Crippen LogP contribution in [0.15, 0.2) is 24.3 Å². The van der Waals surface area contributed by atoms with Crippen LogP contribution in [0.4, 0.5) is 0 Å². The normalized spacial score (nSPS) is 18.9. The molecular weight excluding hydrogens is 226 g/mol. The van der Waals surface area contributed by atoms with Gasteiger partial charge in [-0.1, -0.05) is 23.7 Å². The zero-order chi connectivity index (χ0) is 11.4. The summed E-state index contributed by atoms with van der Waals surface area (Å²) in [4.78, 5) is 0. The smallest absolute Gasteiger partial charge is 0.159 e. The van der Waals surface area contributed by atoms with E-state index in [1.807, 2.05) is 24.3 Å². The van der Waals surface area contributed by atoms with Crippen LogP contribution in [0.1, 0.15) is 12.0 Å². The first-order valence-electron chi connectivity index (χ1n) is 5.47. The number of nitrogens with two attached hydrogens (primary N) is 1. The van der Waals surface area contributed by atoms with E-state index in [4.69, 9.17) is 26.8 Å². The lowest BCUT2D eigenvalue weighted by Gasteiger charge is -2.15. The highest BCUT2D eigenvalue weighted by Crippen LogP contribution is 2.14. The zero-order valence-corrected chi connectivity index (χ0v) is 9.82. The van der Waals surface area contributed by atoms with Crippen molar-refractivity contribution in [1.82, 2.24) is 0 Å². The summed E-state index contributed by atoms with van der Waals surface area (Å²) in [5.41, 5.74) is 7.22. The molecule has 16 heavy (non-hydrogen) atoms. The van der Waals surface area contributed by atoms with Gasteiger partial charge < -0.3 is 15.2 Å². The minimum Gasteiger partial charge on any atom is -0.350 e. The van der Waals surface area contributed by atoms with Crippen LogP contribution in [-0.4, -0.2) is 25.5 Å². The maximum Gasteiger partial charge on any atom is 0.159 e. The molecule has 1 fully saturated rings. The van der Waals surface area contributed by atoms with Crippen LogP contribution in [0.3, 0.4) is 0 Å². The highest BCUT2D eigenvalue weighted by Gasteiger charge is 2.19. The van der Waals surface area contributed by atoms with Gasteiger partial charge in [0.15, 0.2) is 6.29 Å². The number of rotatable bonds is 4. The minimum absolute atomic E-state index is 0.0595. The second-order valence-electron chi connectivity index (χ2n) is 4.00. The van der Waals surface area contributed by atoms with Gasteiger partial charge in [0.05, 0.1) is 13.2 Å². The first-order valence-corrected chi connectivity index (χ1v) is 5.85. The molecule has 0 saturated carbocycles. The molecule has 1 atom stereocenters. The average Bonchev–Trinajstić information content (AvgIpc) is 2.74. The van der Waals surface area contributed by atoms with Gasteiger partial charge in [-0.15, -0.1) is 0 Å². The summed E-state index contributed by atoms with van der Waals surface area (Å²) in [6.07, 6.45) is 1.44. The Bertz CT molecular complexity index is 322. The number of benzene rings is 1. The first-order chi connectivity index (χ1) is 7.74. The molecule has 0 amide bonds. The molecule has 0 aliphatic carbocycles. The Morgan fingerprint density at radius 2 is 1.88 bits per heavy atom. The van der Waals surface area contributed by atoms with Crippen LogP contribution in [0, 0.1) is 0 Å². The monoisotopic (exact) mass is 241 g/mol. The highest BCUT2D eigenvalue weighted by molar-refractivity contribution is 6.30.